The molecule has 1 unspecified atom stereocenters. The minimum Gasteiger partial charge on any atom is -0.465 e. The van der Waals surface area contributed by atoms with Crippen molar-refractivity contribution >= 4 is 5.97 Å². The molecule has 1 aliphatic rings. The van der Waals surface area contributed by atoms with Gasteiger partial charge >= 0.3 is 5.97 Å². The molecule has 0 spiro atoms. The molecule has 3 heteroatoms. The zero-order valence-corrected chi connectivity index (χ0v) is 11.0. The van der Waals surface area contributed by atoms with Crippen molar-refractivity contribution < 1.29 is 9.53 Å². The standard InChI is InChI=1S/C13H25NO2/c1-5-16-12(15)13(4,10(2)3)14-11-8-6-7-9-11/h10-11,14H,5-9H2,1-4H3. The van der Waals surface area contributed by atoms with Gasteiger partial charge in [-0.1, -0.05) is 26.7 Å². The van der Waals surface area contributed by atoms with Gasteiger partial charge in [-0.25, -0.2) is 0 Å². The van der Waals surface area contributed by atoms with Crippen LogP contribution in [0.5, 0.6) is 0 Å². The van der Waals surface area contributed by atoms with Crippen molar-refractivity contribution in [2.75, 3.05) is 6.61 Å². The van der Waals surface area contributed by atoms with Crippen molar-refractivity contribution in [3.05, 3.63) is 0 Å². The van der Waals surface area contributed by atoms with Crippen LogP contribution >= 0.6 is 0 Å². The van der Waals surface area contributed by atoms with Crippen LogP contribution in [0.1, 0.15) is 53.4 Å². The molecule has 1 rings (SSSR count). The summed E-state index contributed by atoms with van der Waals surface area (Å²) in [5, 5.41) is 3.50. The third-order valence-corrected chi connectivity index (χ3v) is 3.71. The van der Waals surface area contributed by atoms with E-state index in [-0.39, 0.29) is 11.9 Å². The van der Waals surface area contributed by atoms with E-state index in [0.717, 1.165) is 0 Å². The second kappa shape index (κ2) is 5.67. The maximum Gasteiger partial charge on any atom is 0.326 e. The van der Waals surface area contributed by atoms with Gasteiger partial charge in [-0.15, -0.1) is 0 Å². The van der Waals surface area contributed by atoms with Crippen molar-refractivity contribution in [1.29, 1.82) is 0 Å². The Morgan fingerprint density at radius 3 is 2.44 bits per heavy atom. The number of carbonyl (C=O) groups is 1. The molecule has 3 nitrogen and oxygen atoms in total. The molecule has 0 aromatic carbocycles. The fourth-order valence-corrected chi connectivity index (χ4v) is 2.24. The summed E-state index contributed by atoms with van der Waals surface area (Å²) in [7, 11) is 0. The Balaban J connectivity index is 2.66. The van der Waals surface area contributed by atoms with E-state index >= 15 is 0 Å². The predicted molar refractivity (Wildman–Crippen MR) is 65.3 cm³/mol. The van der Waals surface area contributed by atoms with Gasteiger partial charge in [0.15, 0.2) is 0 Å². The highest BCUT2D eigenvalue weighted by atomic mass is 16.5. The molecule has 1 N–H and O–H groups in total. The van der Waals surface area contributed by atoms with Gasteiger partial charge < -0.3 is 4.74 Å². The van der Waals surface area contributed by atoms with E-state index in [1.54, 1.807) is 0 Å². The summed E-state index contributed by atoms with van der Waals surface area (Å²) in [6, 6.07) is 0.483. The lowest BCUT2D eigenvalue weighted by Crippen LogP contribution is -2.57. The first kappa shape index (κ1) is 13.5. The lowest BCUT2D eigenvalue weighted by atomic mass is 9.87. The molecule has 0 radical (unpaired) electrons. The highest BCUT2D eigenvalue weighted by Gasteiger charge is 2.40. The van der Waals surface area contributed by atoms with Crippen LogP contribution in [0.4, 0.5) is 0 Å². The molecule has 0 aromatic heterocycles. The van der Waals surface area contributed by atoms with Crippen molar-refractivity contribution in [1.82, 2.24) is 5.32 Å². The highest BCUT2D eigenvalue weighted by molar-refractivity contribution is 5.80. The summed E-state index contributed by atoms with van der Waals surface area (Å²) in [6.45, 7) is 8.41. The Labute approximate surface area is 98.9 Å². The van der Waals surface area contributed by atoms with Crippen LogP contribution in [-0.2, 0) is 9.53 Å². The zero-order valence-electron chi connectivity index (χ0n) is 11.0. The lowest BCUT2D eigenvalue weighted by molar-refractivity contribution is -0.153. The number of nitrogens with one attached hydrogen (secondary N) is 1. The summed E-state index contributed by atoms with van der Waals surface area (Å²) >= 11 is 0. The number of carbonyl (C=O) groups excluding carboxylic acids is 1. The topological polar surface area (TPSA) is 38.3 Å². The van der Waals surface area contributed by atoms with E-state index in [9.17, 15) is 4.79 Å². The Kier molecular flexibility index (Phi) is 4.78. The van der Waals surface area contributed by atoms with Gasteiger partial charge in [0.25, 0.3) is 0 Å². The van der Waals surface area contributed by atoms with Crippen molar-refractivity contribution in [3.8, 4) is 0 Å². The van der Waals surface area contributed by atoms with Crippen LogP contribution < -0.4 is 5.32 Å². The summed E-state index contributed by atoms with van der Waals surface area (Å²) < 4.78 is 5.18. The van der Waals surface area contributed by atoms with Gasteiger partial charge in [0.1, 0.15) is 5.54 Å². The fourth-order valence-electron chi connectivity index (χ4n) is 2.24. The zero-order chi connectivity index (χ0) is 12.2. The first-order chi connectivity index (χ1) is 7.50. The molecule has 0 saturated heterocycles. The van der Waals surface area contributed by atoms with Crippen LogP contribution in [0.25, 0.3) is 0 Å². The molecule has 0 bridgehead atoms. The Bertz CT molecular complexity index is 234. The largest absolute Gasteiger partial charge is 0.465 e. The third-order valence-electron chi connectivity index (χ3n) is 3.71. The Morgan fingerprint density at radius 1 is 1.44 bits per heavy atom. The monoisotopic (exact) mass is 227 g/mol. The number of hydrogen-bond acceptors (Lipinski definition) is 3. The van der Waals surface area contributed by atoms with Crippen LogP contribution in [0.15, 0.2) is 0 Å². The lowest BCUT2D eigenvalue weighted by Gasteiger charge is -2.35. The smallest absolute Gasteiger partial charge is 0.326 e. The molecule has 0 heterocycles. The maximum atomic E-state index is 12.0. The van der Waals surface area contributed by atoms with Gasteiger partial charge in [-0.05, 0) is 32.6 Å². The molecule has 1 saturated carbocycles. The SMILES string of the molecule is CCOC(=O)C(C)(NC1CCCC1)C(C)C. The molecular formula is C13H25NO2. The summed E-state index contributed by atoms with van der Waals surface area (Å²) in [6.07, 6.45) is 4.91. The minimum absolute atomic E-state index is 0.114. The van der Waals surface area contributed by atoms with Gasteiger partial charge in [-0.2, -0.15) is 0 Å². The summed E-state index contributed by atoms with van der Waals surface area (Å²) in [5.74, 6) is 0.129. The number of rotatable bonds is 5. The van der Waals surface area contributed by atoms with E-state index in [4.69, 9.17) is 4.74 Å². The van der Waals surface area contributed by atoms with E-state index in [1.807, 2.05) is 13.8 Å². The molecule has 0 amide bonds. The predicted octanol–water partition coefficient (Wildman–Crippen LogP) is 2.50. The molecule has 1 aliphatic carbocycles. The van der Waals surface area contributed by atoms with Gasteiger partial charge in [0.05, 0.1) is 6.61 Å². The highest BCUT2D eigenvalue weighted by Crippen LogP contribution is 2.25. The first-order valence-electron chi connectivity index (χ1n) is 6.45. The summed E-state index contributed by atoms with van der Waals surface area (Å²) in [4.78, 5) is 12.0. The molecule has 16 heavy (non-hydrogen) atoms. The van der Waals surface area contributed by atoms with E-state index in [1.165, 1.54) is 25.7 Å². The average molecular weight is 227 g/mol. The van der Waals surface area contributed by atoms with E-state index in [2.05, 4.69) is 19.2 Å². The van der Waals surface area contributed by atoms with Crippen molar-refractivity contribution in [2.24, 2.45) is 5.92 Å². The quantitative estimate of drug-likeness (QED) is 0.733. The Morgan fingerprint density at radius 2 is 2.00 bits per heavy atom. The van der Waals surface area contributed by atoms with Crippen LogP contribution in [0.3, 0.4) is 0 Å². The van der Waals surface area contributed by atoms with Gasteiger partial charge in [-0.3, -0.25) is 10.1 Å². The molecule has 0 aliphatic heterocycles. The van der Waals surface area contributed by atoms with E-state index in [0.29, 0.717) is 12.6 Å². The fraction of sp³-hybridized carbons (Fsp3) is 0.923. The van der Waals surface area contributed by atoms with Crippen LogP contribution in [0.2, 0.25) is 0 Å². The second-order valence-corrected chi connectivity index (χ2v) is 5.20. The maximum absolute atomic E-state index is 12.0. The summed E-state index contributed by atoms with van der Waals surface area (Å²) in [5.41, 5.74) is -0.537. The Hall–Kier alpha value is -0.570. The van der Waals surface area contributed by atoms with Gasteiger partial charge in [0.2, 0.25) is 0 Å². The van der Waals surface area contributed by atoms with Crippen LogP contribution in [-0.4, -0.2) is 24.2 Å². The molecule has 94 valence electrons. The minimum atomic E-state index is -0.537. The number of ether oxygens (including phenoxy) is 1. The molecule has 1 fully saturated rings. The first-order valence-corrected chi connectivity index (χ1v) is 6.45. The van der Waals surface area contributed by atoms with Crippen molar-refractivity contribution in [2.45, 2.75) is 65.0 Å². The third kappa shape index (κ3) is 2.97. The van der Waals surface area contributed by atoms with Crippen LogP contribution in [0, 0.1) is 5.92 Å². The molecule has 1 atom stereocenters. The van der Waals surface area contributed by atoms with Gasteiger partial charge in [0, 0.05) is 6.04 Å². The molecule has 0 aromatic rings. The van der Waals surface area contributed by atoms with E-state index < -0.39 is 5.54 Å². The van der Waals surface area contributed by atoms with Crippen molar-refractivity contribution in [3.63, 3.8) is 0 Å². The normalized spacial score (nSPS) is 21.1. The number of hydrogen-bond donors (Lipinski definition) is 1. The number of esters is 1. The average Bonchev–Trinajstić information content (AvgIpc) is 2.70. The molecular weight excluding hydrogens is 202 g/mol. The second-order valence-electron chi connectivity index (χ2n) is 5.20.